The Bertz CT molecular complexity index is 491. The Labute approximate surface area is 113 Å². The molecule has 0 saturated heterocycles. The molecular formula is C12H19N2O4P. The van der Waals surface area contributed by atoms with E-state index >= 15 is 0 Å². The first kappa shape index (κ1) is 15.5. The fourth-order valence-electron chi connectivity index (χ4n) is 1.92. The van der Waals surface area contributed by atoms with Gasteiger partial charge in [-0.2, -0.15) is 0 Å². The van der Waals surface area contributed by atoms with Crippen LogP contribution in [0.25, 0.3) is 0 Å². The maximum Gasteiger partial charge on any atom is 0.293 e. The van der Waals surface area contributed by atoms with Gasteiger partial charge in [0.1, 0.15) is 11.4 Å². The largest absolute Gasteiger partial charge is 0.494 e. The summed E-state index contributed by atoms with van der Waals surface area (Å²) < 4.78 is 18.8. The van der Waals surface area contributed by atoms with Crippen LogP contribution in [0.4, 0.5) is 11.4 Å². The van der Waals surface area contributed by atoms with E-state index in [2.05, 4.69) is 0 Å². The number of benzene rings is 1. The normalized spacial score (nSPS) is 12.3. The van der Waals surface area contributed by atoms with Gasteiger partial charge in [0, 0.05) is 24.8 Å². The summed E-state index contributed by atoms with van der Waals surface area (Å²) in [5.41, 5.74) is 0.287. The Morgan fingerprint density at radius 3 is 2.53 bits per heavy atom. The third-order valence-corrected chi connectivity index (χ3v) is 4.01. The standard InChI is InChI=1S/C12H19N2O4P/c1-5-18-10-6-7-11(14(15)16)12(8-10)13(9(2)3)19(4)17/h6-9,19H,5H2,1-4H3. The Balaban J connectivity index is 3.37. The summed E-state index contributed by atoms with van der Waals surface area (Å²) in [4.78, 5) is 10.6. The van der Waals surface area contributed by atoms with Crippen LogP contribution in [0, 0.1) is 10.1 Å². The molecular weight excluding hydrogens is 267 g/mol. The van der Waals surface area contributed by atoms with E-state index in [1.165, 1.54) is 6.07 Å². The van der Waals surface area contributed by atoms with E-state index in [1.54, 1.807) is 23.5 Å². The summed E-state index contributed by atoms with van der Waals surface area (Å²) in [5, 5.41) is 11.1. The van der Waals surface area contributed by atoms with Crippen LogP contribution in [0.5, 0.6) is 5.75 Å². The van der Waals surface area contributed by atoms with Crippen LogP contribution < -0.4 is 9.41 Å². The van der Waals surface area contributed by atoms with Gasteiger partial charge in [-0.1, -0.05) is 0 Å². The van der Waals surface area contributed by atoms with Gasteiger partial charge in [0.25, 0.3) is 5.69 Å². The van der Waals surface area contributed by atoms with Gasteiger partial charge in [-0.15, -0.1) is 0 Å². The average Bonchev–Trinajstić information content (AvgIpc) is 2.28. The van der Waals surface area contributed by atoms with Gasteiger partial charge in [-0.3, -0.25) is 10.1 Å². The number of rotatable bonds is 6. The van der Waals surface area contributed by atoms with Gasteiger partial charge in [0.15, 0.2) is 7.95 Å². The van der Waals surface area contributed by atoms with Crippen molar-refractivity contribution >= 4 is 19.3 Å². The van der Waals surface area contributed by atoms with Crippen molar-refractivity contribution in [3.63, 3.8) is 0 Å². The summed E-state index contributed by atoms with van der Waals surface area (Å²) in [6.07, 6.45) is 0. The van der Waals surface area contributed by atoms with Crippen molar-refractivity contribution in [1.82, 2.24) is 0 Å². The minimum Gasteiger partial charge on any atom is -0.494 e. The molecule has 1 unspecified atom stereocenters. The highest BCUT2D eigenvalue weighted by Gasteiger charge is 2.24. The van der Waals surface area contributed by atoms with Crippen molar-refractivity contribution in [3.05, 3.63) is 28.3 Å². The smallest absolute Gasteiger partial charge is 0.293 e. The average molecular weight is 286 g/mol. The van der Waals surface area contributed by atoms with Gasteiger partial charge in [-0.25, -0.2) is 0 Å². The first-order valence-electron chi connectivity index (χ1n) is 6.09. The summed E-state index contributed by atoms with van der Waals surface area (Å²) in [5.74, 6) is 0.539. The Morgan fingerprint density at radius 1 is 1.47 bits per heavy atom. The summed E-state index contributed by atoms with van der Waals surface area (Å²) in [6, 6.07) is 4.43. The van der Waals surface area contributed by atoms with E-state index in [1.807, 2.05) is 20.8 Å². The number of hydrogen-bond acceptors (Lipinski definition) is 4. The Hall–Kier alpha value is -1.55. The molecule has 1 aromatic carbocycles. The highest BCUT2D eigenvalue weighted by atomic mass is 31.1. The maximum absolute atomic E-state index is 11.9. The van der Waals surface area contributed by atoms with E-state index in [4.69, 9.17) is 4.74 Å². The van der Waals surface area contributed by atoms with Crippen molar-refractivity contribution in [1.29, 1.82) is 0 Å². The minimum absolute atomic E-state index is 0.0580. The van der Waals surface area contributed by atoms with E-state index in [0.717, 1.165) is 0 Å². The van der Waals surface area contributed by atoms with Gasteiger partial charge in [0.05, 0.1) is 11.5 Å². The molecule has 0 amide bonds. The van der Waals surface area contributed by atoms with Gasteiger partial charge in [-0.05, 0) is 26.8 Å². The molecule has 0 fully saturated rings. The van der Waals surface area contributed by atoms with Crippen molar-refractivity contribution in [2.24, 2.45) is 0 Å². The molecule has 1 aromatic rings. The molecule has 1 rings (SSSR count). The molecule has 0 bridgehead atoms. The molecule has 106 valence electrons. The zero-order valence-corrected chi connectivity index (χ0v) is 12.5. The topological polar surface area (TPSA) is 72.7 Å². The Kier molecular flexibility index (Phi) is 5.36. The molecule has 0 aromatic heterocycles. The SMILES string of the molecule is CCOc1ccc([N+](=O)[O-])c(N(C(C)C)[PH](C)=O)c1. The first-order chi connectivity index (χ1) is 8.88. The van der Waals surface area contributed by atoms with Crippen LogP contribution in [0.1, 0.15) is 20.8 Å². The molecule has 0 aliphatic heterocycles. The van der Waals surface area contributed by atoms with Crippen molar-refractivity contribution in [2.75, 3.05) is 17.9 Å². The third kappa shape index (κ3) is 3.70. The predicted molar refractivity (Wildman–Crippen MR) is 76.8 cm³/mol. The lowest BCUT2D eigenvalue weighted by molar-refractivity contribution is -0.384. The minimum atomic E-state index is -2.09. The molecule has 0 N–H and O–H groups in total. The van der Waals surface area contributed by atoms with Crippen LogP contribution in [-0.4, -0.2) is 24.2 Å². The molecule has 19 heavy (non-hydrogen) atoms. The van der Waals surface area contributed by atoms with Crippen molar-refractivity contribution in [2.45, 2.75) is 26.8 Å². The lowest BCUT2D eigenvalue weighted by Crippen LogP contribution is -2.23. The summed E-state index contributed by atoms with van der Waals surface area (Å²) in [7, 11) is -2.09. The highest BCUT2D eigenvalue weighted by molar-refractivity contribution is 7.45. The second-order valence-electron chi connectivity index (χ2n) is 4.32. The van der Waals surface area contributed by atoms with Gasteiger partial charge in [0.2, 0.25) is 0 Å². The molecule has 6 nitrogen and oxygen atoms in total. The van der Waals surface area contributed by atoms with E-state index in [-0.39, 0.29) is 11.7 Å². The number of hydrogen-bond donors (Lipinski definition) is 0. The second kappa shape index (κ2) is 6.57. The van der Waals surface area contributed by atoms with Gasteiger partial charge < -0.3 is 14.0 Å². The quantitative estimate of drug-likeness (QED) is 0.455. The van der Waals surface area contributed by atoms with E-state index in [9.17, 15) is 14.7 Å². The Morgan fingerprint density at radius 2 is 2.11 bits per heavy atom. The lowest BCUT2D eigenvalue weighted by Gasteiger charge is -2.26. The van der Waals surface area contributed by atoms with Crippen molar-refractivity contribution in [3.8, 4) is 5.75 Å². The van der Waals surface area contributed by atoms with Crippen LogP contribution in [0.15, 0.2) is 18.2 Å². The molecule has 0 aliphatic carbocycles. The predicted octanol–water partition coefficient (Wildman–Crippen LogP) is 3.31. The van der Waals surface area contributed by atoms with Crippen LogP contribution >= 0.6 is 7.95 Å². The zero-order chi connectivity index (χ0) is 14.6. The fourth-order valence-corrected chi connectivity index (χ4v) is 3.16. The molecule has 0 saturated carbocycles. The fraction of sp³-hybridized carbons (Fsp3) is 0.500. The first-order valence-corrected chi connectivity index (χ1v) is 7.95. The number of anilines is 1. The van der Waals surface area contributed by atoms with E-state index < -0.39 is 12.9 Å². The zero-order valence-electron chi connectivity index (χ0n) is 11.5. The number of ether oxygens (including phenoxy) is 1. The number of nitro groups is 1. The highest BCUT2D eigenvalue weighted by Crippen LogP contribution is 2.40. The number of nitro benzene ring substituents is 1. The molecule has 0 heterocycles. The molecule has 0 aliphatic rings. The van der Waals surface area contributed by atoms with E-state index in [0.29, 0.717) is 18.0 Å². The monoisotopic (exact) mass is 286 g/mol. The van der Waals surface area contributed by atoms with Crippen LogP contribution in [0.3, 0.4) is 0 Å². The molecule has 1 atom stereocenters. The van der Waals surface area contributed by atoms with Crippen LogP contribution in [0.2, 0.25) is 0 Å². The molecule has 0 radical (unpaired) electrons. The lowest BCUT2D eigenvalue weighted by atomic mass is 10.2. The van der Waals surface area contributed by atoms with Crippen molar-refractivity contribution < 1.29 is 14.2 Å². The number of nitrogens with zero attached hydrogens (tertiary/aromatic N) is 2. The maximum atomic E-state index is 11.9. The second-order valence-corrected chi connectivity index (χ2v) is 5.84. The van der Waals surface area contributed by atoms with Crippen LogP contribution in [-0.2, 0) is 4.57 Å². The summed E-state index contributed by atoms with van der Waals surface area (Å²) >= 11 is 0. The molecule has 0 spiro atoms. The third-order valence-electron chi connectivity index (χ3n) is 2.57. The summed E-state index contributed by atoms with van der Waals surface area (Å²) in [6.45, 7) is 7.58. The molecule has 7 heteroatoms. The van der Waals surface area contributed by atoms with Gasteiger partial charge >= 0.3 is 0 Å².